The van der Waals surface area contributed by atoms with Crippen molar-refractivity contribution in [2.45, 2.75) is 59.0 Å². The van der Waals surface area contributed by atoms with Gasteiger partial charge in [0.15, 0.2) is 0 Å². The Morgan fingerprint density at radius 2 is 2.00 bits per heavy atom. The molecule has 0 amide bonds. The minimum absolute atomic E-state index is 0.140. The summed E-state index contributed by atoms with van der Waals surface area (Å²) in [6.07, 6.45) is 3.02. The Labute approximate surface area is 87.2 Å². The lowest BCUT2D eigenvalue weighted by molar-refractivity contribution is -0.146. The lowest BCUT2D eigenvalue weighted by Crippen LogP contribution is -2.40. The molecule has 3 heteroatoms. The third-order valence-corrected chi connectivity index (χ3v) is 2.24. The summed E-state index contributed by atoms with van der Waals surface area (Å²) in [5, 5.41) is 3.18. The smallest absolute Gasteiger partial charge is 0.322 e. The van der Waals surface area contributed by atoms with E-state index in [0.29, 0.717) is 12.6 Å². The fourth-order valence-electron chi connectivity index (χ4n) is 1.05. The second-order valence-corrected chi connectivity index (χ2v) is 3.72. The predicted octanol–water partition coefficient (Wildman–Crippen LogP) is 2.11. The van der Waals surface area contributed by atoms with E-state index in [1.54, 1.807) is 0 Å². The Balaban J connectivity index is 3.64. The number of hydrogen-bond acceptors (Lipinski definition) is 3. The molecule has 2 unspecified atom stereocenters. The van der Waals surface area contributed by atoms with Gasteiger partial charge in [0.25, 0.3) is 0 Å². The summed E-state index contributed by atoms with van der Waals surface area (Å²) in [6.45, 7) is 8.62. The van der Waals surface area contributed by atoms with Gasteiger partial charge in [-0.05, 0) is 26.7 Å². The van der Waals surface area contributed by atoms with E-state index in [1.807, 2.05) is 6.92 Å². The van der Waals surface area contributed by atoms with Crippen LogP contribution in [0.5, 0.6) is 0 Å². The van der Waals surface area contributed by atoms with Crippen LogP contribution in [0.1, 0.15) is 47.0 Å². The first kappa shape index (κ1) is 13.4. The molecule has 3 nitrogen and oxygen atoms in total. The molecule has 0 rings (SSSR count). The molecule has 2 atom stereocenters. The van der Waals surface area contributed by atoms with E-state index >= 15 is 0 Å². The maximum Gasteiger partial charge on any atom is 0.322 e. The van der Waals surface area contributed by atoms with E-state index in [4.69, 9.17) is 4.74 Å². The molecule has 14 heavy (non-hydrogen) atoms. The van der Waals surface area contributed by atoms with Crippen molar-refractivity contribution in [3.63, 3.8) is 0 Å². The standard InChI is InChI=1S/C11H23NO2/c1-5-7-8-14-11(13)10(4)12-9(3)6-2/h9-10,12H,5-8H2,1-4H3. The van der Waals surface area contributed by atoms with Gasteiger partial charge in [0, 0.05) is 6.04 Å². The minimum atomic E-state index is -0.193. The van der Waals surface area contributed by atoms with Gasteiger partial charge in [-0.25, -0.2) is 0 Å². The van der Waals surface area contributed by atoms with Gasteiger partial charge in [0.05, 0.1) is 6.61 Å². The molecule has 0 radical (unpaired) electrons. The van der Waals surface area contributed by atoms with Gasteiger partial charge in [-0.3, -0.25) is 4.79 Å². The van der Waals surface area contributed by atoms with E-state index in [-0.39, 0.29) is 12.0 Å². The van der Waals surface area contributed by atoms with Gasteiger partial charge >= 0.3 is 5.97 Å². The molecule has 0 aliphatic heterocycles. The van der Waals surface area contributed by atoms with Crippen LogP contribution in [0.15, 0.2) is 0 Å². The van der Waals surface area contributed by atoms with E-state index in [1.165, 1.54) is 0 Å². The molecule has 1 N–H and O–H groups in total. The van der Waals surface area contributed by atoms with Crippen LogP contribution in [-0.4, -0.2) is 24.7 Å². The number of carbonyl (C=O) groups excluding carboxylic acids is 1. The molecule has 0 saturated heterocycles. The molecule has 0 fully saturated rings. The first-order chi connectivity index (χ1) is 6.61. The van der Waals surface area contributed by atoms with Gasteiger partial charge in [0.1, 0.15) is 6.04 Å². The van der Waals surface area contributed by atoms with Gasteiger partial charge in [-0.15, -0.1) is 0 Å². The second-order valence-electron chi connectivity index (χ2n) is 3.72. The van der Waals surface area contributed by atoms with Gasteiger partial charge in [0.2, 0.25) is 0 Å². The van der Waals surface area contributed by atoms with Crippen molar-refractivity contribution < 1.29 is 9.53 Å². The van der Waals surface area contributed by atoms with Crippen LogP contribution in [0.25, 0.3) is 0 Å². The van der Waals surface area contributed by atoms with Crippen molar-refractivity contribution in [1.29, 1.82) is 0 Å². The molecule has 0 aliphatic rings. The predicted molar refractivity (Wildman–Crippen MR) is 58.2 cm³/mol. The summed E-state index contributed by atoms with van der Waals surface area (Å²) < 4.78 is 5.09. The zero-order chi connectivity index (χ0) is 11.0. The molecule has 0 aliphatic carbocycles. The van der Waals surface area contributed by atoms with Crippen LogP contribution in [0.2, 0.25) is 0 Å². The number of esters is 1. The number of rotatable bonds is 7. The number of carbonyl (C=O) groups is 1. The molecule has 0 aromatic rings. The van der Waals surface area contributed by atoms with Crippen LogP contribution in [0.4, 0.5) is 0 Å². The van der Waals surface area contributed by atoms with Crippen molar-refractivity contribution in [2.24, 2.45) is 0 Å². The van der Waals surface area contributed by atoms with Crippen molar-refractivity contribution in [2.75, 3.05) is 6.61 Å². The Hall–Kier alpha value is -0.570. The van der Waals surface area contributed by atoms with Gasteiger partial charge in [-0.2, -0.15) is 0 Å². The summed E-state index contributed by atoms with van der Waals surface area (Å²) in [5.41, 5.74) is 0. The molecule has 0 spiro atoms. The minimum Gasteiger partial charge on any atom is -0.465 e. The Morgan fingerprint density at radius 3 is 2.50 bits per heavy atom. The van der Waals surface area contributed by atoms with Crippen molar-refractivity contribution in [3.8, 4) is 0 Å². The van der Waals surface area contributed by atoms with E-state index in [0.717, 1.165) is 19.3 Å². The molecule has 0 heterocycles. The monoisotopic (exact) mass is 201 g/mol. The summed E-state index contributed by atoms with van der Waals surface area (Å²) in [7, 11) is 0. The number of nitrogens with one attached hydrogen (secondary N) is 1. The highest BCUT2D eigenvalue weighted by molar-refractivity contribution is 5.75. The van der Waals surface area contributed by atoms with E-state index in [9.17, 15) is 4.79 Å². The number of unbranched alkanes of at least 4 members (excludes halogenated alkanes) is 1. The Bertz CT molecular complexity index is 159. The highest BCUT2D eigenvalue weighted by atomic mass is 16.5. The van der Waals surface area contributed by atoms with Crippen LogP contribution in [0.3, 0.4) is 0 Å². The third-order valence-electron chi connectivity index (χ3n) is 2.24. The largest absolute Gasteiger partial charge is 0.465 e. The average Bonchev–Trinajstić information content (AvgIpc) is 2.17. The summed E-state index contributed by atoms with van der Waals surface area (Å²) >= 11 is 0. The SMILES string of the molecule is CCCCOC(=O)C(C)NC(C)CC. The van der Waals surface area contributed by atoms with Crippen LogP contribution in [-0.2, 0) is 9.53 Å². The van der Waals surface area contributed by atoms with Crippen LogP contribution in [0, 0.1) is 0 Å². The zero-order valence-electron chi connectivity index (χ0n) is 9.80. The Morgan fingerprint density at radius 1 is 1.36 bits per heavy atom. The normalized spacial score (nSPS) is 14.9. The highest BCUT2D eigenvalue weighted by Gasteiger charge is 2.15. The Kier molecular flexibility index (Phi) is 7.48. The maximum absolute atomic E-state index is 11.4. The second kappa shape index (κ2) is 7.80. The lowest BCUT2D eigenvalue weighted by atomic mass is 10.2. The third kappa shape index (κ3) is 5.97. The van der Waals surface area contributed by atoms with Gasteiger partial charge < -0.3 is 10.1 Å². The fourth-order valence-corrected chi connectivity index (χ4v) is 1.05. The quantitative estimate of drug-likeness (QED) is 0.506. The van der Waals surface area contributed by atoms with Crippen LogP contribution < -0.4 is 5.32 Å². The first-order valence-electron chi connectivity index (χ1n) is 5.54. The lowest BCUT2D eigenvalue weighted by Gasteiger charge is -2.17. The number of ether oxygens (including phenoxy) is 1. The maximum atomic E-state index is 11.4. The molecular weight excluding hydrogens is 178 g/mol. The van der Waals surface area contributed by atoms with Crippen molar-refractivity contribution in [1.82, 2.24) is 5.32 Å². The fraction of sp³-hybridized carbons (Fsp3) is 0.909. The van der Waals surface area contributed by atoms with Crippen LogP contribution >= 0.6 is 0 Å². The first-order valence-corrected chi connectivity index (χ1v) is 5.54. The zero-order valence-corrected chi connectivity index (χ0v) is 9.80. The van der Waals surface area contributed by atoms with E-state index in [2.05, 4.69) is 26.1 Å². The van der Waals surface area contributed by atoms with Crippen molar-refractivity contribution >= 4 is 5.97 Å². The van der Waals surface area contributed by atoms with Gasteiger partial charge in [-0.1, -0.05) is 20.3 Å². The molecular formula is C11H23NO2. The summed E-state index contributed by atoms with van der Waals surface area (Å²) in [6, 6.07) is 0.172. The highest BCUT2D eigenvalue weighted by Crippen LogP contribution is 1.96. The van der Waals surface area contributed by atoms with E-state index < -0.39 is 0 Å². The molecule has 84 valence electrons. The molecule has 0 bridgehead atoms. The van der Waals surface area contributed by atoms with Crippen molar-refractivity contribution in [3.05, 3.63) is 0 Å². The summed E-state index contributed by atoms with van der Waals surface area (Å²) in [4.78, 5) is 11.4. The average molecular weight is 201 g/mol. The topological polar surface area (TPSA) is 38.3 Å². The molecule has 0 saturated carbocycles. The number of hydrogen-bond donors (Lipinski definition) is 1. The molecule has 0 aromatic heterocycles. The summed E-state index contributed by atoms with van der Waals surface area (Å²) in [5.74, 6) is -0.140. The molecule has 0 aromatic carbocycles.